The Morgan fingerprint density at radius 1 is 1.33 bits per heavy atom. The zero-order valence-corrected chi connectivity index (χ0v) is 12.0. The first-order valence-electron chi connectivity index (χ1n) is 6.16. The van der Waals surface area contributed by atoms with Crippen LogP contribution in [0.5, 0.6) is 5.75 Å². The van der Waals surface area contributed by atoms with Crippen molar-refractivity contribution in [3.8, 4) is 5.75 Å². The molecule has 1 aromatic carbocycles. The molecule has 1 aromatic rings. The second kappa shape index (κ2) is 6.64. The number of hydrogen-bond acceptors (Lipinski definition) is 3. The van der Waals surface area contributed by atoms with Crippen molar-refractivity contribution >= 4 is 15.7 Å². The molecule has 0 saturated carbocycles. The second-order valence-electron chi connectivity index (χ2n) is 4.65. The van der Waals surface area contributed by atoms with Gasteiger partial charge in [0.05, 0.1) is 18.0 Å². The first-order valence-corrected chi connectivity index (χ1v) is 7.81. The molecule has 5 heteroatoms. The maximum atomic E-state index is 11.6. The van der Waals surface area contributed by atoms with E-state index in [2.05, 4.69) is 18.6 Å². The Labute approximate surface area is 109 Å². The van der Waals surface area contributed by atoms with Crippen LogP contribution in [-0.2, 0) is 10.0 Å². The molecule has 18 heavy (non-hydrogen) atoms. The summed E-state index contributed by atoms with van der Waals surface area (Å²) >= 11 is 0. The Bertz CT molecular complexity index is 469. The fourth-order valence-electron chi connectivity index (χ4n) is 1.41. The van der Waals surface area contributed by atoms with Crippen LogP contribution in [-0.4, -0.2) is 20.8 Å². The van der Waals surface area contributed by atoms with E-state index in [-0.39, 0.29) is 5.75 Å². The topological polar surface area (TPSA) is 55.4 Å². The van der Waals surface area contributed by atoms with E-state index in [9.17, 15) is 8.42 Å². The molecule has 0 saturated heterocycles. The summed E-state index contributed by atoms with van der Waals surface area (Å²) in [7, 11) is -3.24. The molecule has 0 heterocycles. The molecule has 1 rings (SSSR count). The maximum absolute atomic E-state index is 11.6. The van der Waals surface area contributed by atoms with Gasteiger partial charge in [-0.05, 0) is 24.5 Å². The number of ether oxygens (including phenoxy) is 1. The van der Waals surface area contributed by atoms with Crippen LogP contribution >= 0.6 is 0 Å². The molecule has 0 unspecified atom stereocenters. The predicted octanol–water partition coefficient (Wildman–Crippen LogP) is 2.87. The maximum Gasteiger partial charge on any atom is 0.232 e. The Balaban J connectivity index is 2.70. The number of hydrogen-bond donors (Lipinski definition) is 1. The summed E-state index contributed by atoms with van der Waals surface area (Å²) in [6.45, 7) is 6.58. The smallest absolute Gasteiger partial charge is 0.232 e. The van der Waals surface area contributed by atoms with Gasteiger partial charge < -0.3 is 4.74 Å². The normalized spacial score (nSPS) is 11.6. The highest BCUT2D eigenvalue weighted by atomic mass is 32.2. The van der Waals surface area contributed by atoms with Crippen LogP contribution < -0.4 is 9.46 Å². The minimum Gasteiger partial charge on any atom is -0.493 e. The van der Waals surface area contributed by atoms with Gasteiger partial charge >= 0.3 is 0 Å². The van der Waals surface area contributed by atoms with E-state index in [1.54, 1.807) is 18.2 Å². The third-order valence-electron chi connectivity index (χ3n) is 2.16. The van der Waals surface area contributed by atoms with Crippen molar-refractivity contribution in [2.75, 3.05) is 17.1 Å². The van der Waals surface area contributed by atoms with Crippen LogP contribution in [0.25, 0.3) is 0 Å². The van der Waals surface area contributed by atoms with Crippen molar-refractivity contribution in [2.24, 2.45) is 5.92 Å². The predicted molar refractivity (Wildman–Crippen MR) is 74.5 cm³/mol. The minimum absolute atomic E-state index is 0.129. The van der Waals surface area contributed by atoms with Crippen molar-refractivity contribution in [1.82, 2.24) is 0 Å². The van der Waals surface area contributed by atoms with Crippen LogP contribution in [0.3, 0.4) is 0 Å². The van der Waals surface area contributed by atoms with Gasteiger partial charge in [0.2, 0.25) is 10.0 Å². The lowest BCUT2D eigenvalue weighted by Gasteiger charge is -2.11. The summed E-state index contributed by atoms with van der Waals surface area (Å²) in [5.41, 5.74) is 0.546. The molecule has 4 nitrogen and oxygen atoms in total. The van der Waals surface area contributed by atoms with Crippen LogP contribution in [0.2, 0.25) is 0 Å². The Morgan fingerprint density at radius 2 is 2.06 bits per heavy atom. The molecule has 0 fully saturated rings. The average Bonchev–Trinajstić information content (AvgIpc) is 2.26. The van der Waals surface area contributed by atoms with Crippen molar-refractivity contribution in [2.45, 2.75) is 27.2 Å². The highest BCUT2D eigenvalue weighted by Gasteiger charge is 2.09. The third-order valence-corrected chi connectivity index (χ3v) is 3.66. The molecule has 0 aliphatic heterocycles. The van der Waals surface area contributed by atoms with Crippen LogP contribution in [0.1, 0.15) is 27.2 Å². The summed E-state index contributed by atoms with van der Waals surface area (Å²) < 4.78 is 31.3. The van der Waals surface area contributed by atoms with E-state index in [0.29, 0.717) is 30.4 Å². The summed E-state index contributed by atoms with van der Waals surface area (Å²) in [6.07, 6.45) is 0.596. The molecule has 0 atom stereocenters. The number of rotatable bonds is 7. The molecule has 0 spiro atoms. The van der Waals surface area contributed by atoms with Crippen molar-refractivity contribution in [1.29, 1.82) is 0 Å². The molecule has 102 valence electrons. The molecule has 0 aliphatic rings. The third kappa shape index (κ3) is 5.40. The van der Waals surface area contributed by atoms with Gasteiger partial charge in [-0.3, -0.25) is 4.72 Å². The molecule has 0 bridgehead atoms. The lowest BCUT2D eigenvalue weighted by atomic mass is 10.2. The molecule has 0 aromatic heterocycles. The first-order chi connectivity index (χ1) is 8.43. The van der Waals surface area contributed by atoms with E-state index in [4.69, 9.17) is 4.74 Å². The van der Waals surface area contributed by atoms with Crippen molar-refractivity contribution in [3.63, 3.8) is 0 Å². The quantitative estimate of drug-likeness (QED) is 0.829. The molecule has 1 N–H and O–H groups in total. The standard InChI is InChI=1S/C13H21NO3S/c1-4-8-18(15,16)14-12-6-5-7-13(9-12)17-10-11(2)3/h5-7,9,11,14H,4,8,10H2,1-3H3. The van der Waals surface area contributed by atoms with Gasteiger partial charge in [0.1, 0.15) is 5.75 Å². The fourth-order valence-corrected chi connectivity index (χ4v) is 2.54. The van der Waals surface area contributed by atoms with Crippen LogP contribution in [0.4, 0.5) is 5.69 Å². The number of nitrogens with one attached hydrogen (secondary N) is 1. The Hall–Kier alpha value is -1.23. The lowest BCUT2D eigenvalue weighted by molar-refractivity contribution is 0.271. The van der Waals surface area contributed by atoms with Crippen molar-refractivity contribution in [3.05, 3.63) is 24.3 Å². The highest BCUT2D eigenvalue weighted by molar-refractivity contribution is 7.92. The van der Waals surface area contributed by atoms with Crippen molar-refractivity contribution < 1.29 is 13.2 Å². The van der Waals surface area contributed by atoms with Gasteiger partial charge in [-0.25, -0.2) is 8.42 Å². The van der Waals surface area contributed by atoms with E-state index in [1.165, 1.54) is 0 Å². The lowest BCUT2D eigenvalue weighted by Crippen LogP contribution is -2.16. The summed E-state index contributed by atoms with van der Waals surface area (Å²) in [5.74, 6) is 1.25. The minimum atomic E-state index is -3.24. The number of benzene rings is 1. The SMILES string of the molecule is CCCS(=O)(=O)Nc1cccc(OCC(C)C)c1. The summed E-state index contributed by atoms with van der Waals surface area (Å²) in [5, 5.41) is 0. The first kappa shape index (κ1) is 14.8. The van der Waals surface area contributed by atoms with Gasteiger partial charge in [0.25, 0.3) is 0 Å². The zero-order valence-electron chi connectivity index (χ0n) is 11.1. The van der Waals surface area contributed by atoms with Gasteiger partial charge in [-0.15, -0.1) is 0 Å². The van der Waals surface area contributed by atoms with Crippen LogP contribution in [0, 0.1) is 5.92 Å². The molecular weight excluding hydrogens is 250 g/mol. The Morgan fingerprint density at radius 3 is 2.67 bits per heavy atom. The van der Waals surface area contributed by atoms with Gasteiger partial charge in [0, 0.05) is 6.07 Å². The largest absolute Gasteiger partial charge is 0.493 e. The van der Waals surface area contributed by atoms with E-state index < -0.39 is 10.0 Å². The van der Waals surface area contributed by atoms with Gasteiger partial charge in [-0.2, -0.15) is 0 Å². The zero-order chi connectivity index (χ0) is 13.6. The monoisotopic (exact) mass is 271 g/mol. The van der Waals surface area contributed by atoms with E-state index in [1.807, 2.05) is 13.0 Å². The second-order valence-corrected chi connectivity index (χ2v) is 6.50. The average molecular weight is 271 g/mol. The molecule has 0 radical (unpaired) electrons. The van der Waals surface area contributed by atoms with E-state index >= 15 is 0 Å². The van der Waals surface area contributed by atoms with Gasteiger partial charge in [0.15, 0.2) is 0 Å². The summed E-state index contributed by atoms with van der Waals surface area (Å²) in [4.78, 5) is 0. The molecule has 0 amide bonds. The number of anilines is 1. The van der Waals surface area contributed by atoms with Gasteiger partial charge in [-0.1, -0.05) is 26.8 Å². The van der Waals surface area contributed by atoms with E-state index in [0.717, 1.165) is 0 Å². The highest BCUT2D eigenvalue weighted by Crippen LogP contribution is 2.19. The molecular formula is C13H21NO3S. The fraction of sp³-hybridized carbons (Fsp3) is 0.538. The summed E-state index contributed by atoms with van der Waals surface area (Å²) in [6, 6.07) is 7.02. The molecule has 0 aliphatic carbocycles. The number of sulfonamides is 1. The van der Waals surface area contributed by atoms with Crippen LogP contribution in [0.15, 0.2) is 24.3 Å². The Kier molecular flexibility index (Phi) is 5.47.